The molecule has 1 aromatic heterocycles. The lowest BCUT2D eigenvalue weighted by atomic mass is 10.2. The van der Waals surface area contributed by atoms with Gasteiger partial charge in [-0.25, -0.2) is 10.8 Å². The van der Waals surface area contributed by atoms with E-state index in [1.807, 2.05) is 45.9 Å². The Hall–Kier alpha value is -1.85. The minimum atomic E-state index is 0.161. The fourth-order valence-electron chi connectivity index (χ4n) is 1.80. The van der Waals surface area contributed by atoms with E-state index in [4.69, 9.17) is 22.2 Å². The smallest absolute Gasteiger partial charge is 0.227 e. The highest BCUT2D eigenvalue weighted by molar-refractivity contribution is 6.32. The van der Waals surface area contributed by atoms with Crippen LogP contribution in [0.3, 0.4) is 0 Å². The van der Waals surface area contributed by atoms with E-state index in [1.165, 1.54) is 0 Å². The van der Waals surface area contributed by atoms with Crippen molar-refractivity contribution in [2.75, 3.05) is 5.43 Å². The van der Waals surface area contributed by atoms with E-state index in [9.17, 15) is 0 Å². The number of nitrogen functional groups attached to an aromatic ring is 1. The van der Waals surface area contributed by atoms with Crippen LogP contribution >= 0.6 is 11.6 Å². The first-order valence-electron chi connectivity index (χ1n) is 6.71. The number of nitrogens with zero attached hydrogens (tertiary/aromatic N) is 2. The second kappa shape index (κ2) is 6.28. The second-order valence-corrected chi connectivity index (χ2v) is 5.60. The monoisotopic (exact) mass is 306 g/mol. The fourth-order valence-corrected chi connectivity index (χ4v) is 2.08. The highest BCUT2D eigenvalue weighted by Crippen LogP contribution is 2.33. The zero-order valence-corrected chi connectivity index (χ0v) is 13.3. The summed E-state index contributed by atoms with van der Waals surface area (Å²) in [6.45, 7) is 7.83. The topological polar surface area (TPSA) is 73.1 Å². The number of halogens is 1. The van der Waals surface area contributed by atoms with E-state index < -0.39 is 0 Å². The summed E-state index contributed by atoms with van der Waals surface area (Å²) in [7, 11) is 0. The highest BCUT2D eigenvalue weighted by atomic mass is 35.5. The summed E-state index contributed by atoms with van der Waals surface area (Å²) >= 11 is 6.20. The zero-order valence-electron chi connectivity index (χ0n) is 12.6. The Morgan fingerprint density at radius 3 is 2.52 bits per heavy atom. The maximum absolute atomic E-state index is 6.20. The summed E-state index contributed by atoms with van der Waals surface area (Å²) < 4.78 is 5.85. The Bertz CT molecular complexity index is 658. The number of anilines is 1. The minimum Gasteiger partial charge on any atom is -0.437 e. The predicted octanol–water partition coefficient (Wildman–Crippen LogP) is 3.95. The lowest BCUT2D eigenvalue weighted by Crippen LogP contribution is -2.13. The highest BCUT2D eigenvalue weighted by Gasteiger charge is 2.15. The third-order valence-electron chi connectivity index (χ3n) is 3.07. The van der Waals surface area contributed by atoms with Crippen LogP contribution in [-0.2, 0) is 0 Å². The van der Waals surface area contributed by atoms with Crippen molar-refractivity contribution >= 4 is 17.4 Å². The molecule has 0 saturated heterocycles. The number of benzene rings is 1. The van der Waals surface area contributed by atoms with E-state index in [0.29, 0.717) is 28.3 Å². The van der Waals surface area contributed by atoms with Gasteiger partial charge in [0, 0.05) is 5.92 Å². The van der Waals surface area contributed by atoms with Crippen LogP contribution < -0.4 is 16.0 Å². The lowest BCUT2D eigenvalue weighted by Gasteiger charge is -2.14. The molecule has 0 unspecified atom stereocenters. The molecule has 0 atom stereocenters. The van der Waals surface area contributed by atoms with Gasteiger partial charge >= 0.3 is 0 Å². The summed E-state index contributed by atoms with van der Waals surface area (Å²) in [5.74, 6) is 7.89. The van der Waals surface area contributed by atoms with E-state index in [2.05, 4.69) is 15.4 Å². The van der Waals surface area contributed by atoms with Gasteiger partial charge in [-0.15, -0.1) is 0 Å². The SMILES string of the molecule is Cc1ccc(Oc2nc(C(C)C)nc(NN)c2C)c(Cl)c1. The Labute approximate surface area is 129 Å². The molecule has 112 valence electrons. The molecule has 1 heterocycles. The van der Waals surface area contributed by atoms with Crippen LogP contribution in [-0.4, -0.2) is 9.97 Å². The Kier molecular flexibility index (Phi) is 4.65. The maximum Gasteiger partial charge on any atom is 0.227 e. The number of nitrogens with two attached hydrogens (primary N) is 1. The quantitative estimate of drug-likeness (QED) is 0.661. The van der Waals surface area contributed by atoms with Gasteiger partial charge in [0.15, 0.2) is 5.82 Å². The summed E-state index contributed by atoms with van der Waals surface area (Å²) in [6.07, 6.45) is 0. The van der Waals surface area contributed by atoms with Gasteiger partial charge in [-0.3, -0.25) is 0 Å². The number of hydrazine groups is 1. The van der Waals surface area contributed by atoms with Gasteiger partial charge in [-0.05, 0) is 31.5 Å². The van der Waals surface area contributed by atoms with Crippen molar-refractivity contribution in [3.05, 3.63) is 40.2 Å². The van der Waals surface area contributed by atoms with Crippen molar-refractivity contribution in [3.63, 3.8) is 0 Å². The van der Waals surface area contributed by atoms with Crippen molar-refractivity contribution in [1.29, 1.82) is 0 Å². The van der Waals surface area contributed by atoms with Gasteiger partial charge in [-0.2, -0.15) is 4.98 Å². The van der Waals surface area contributed by atoms with Crippen molar-refractivity contribution < 1.29 is 4.74 Å². The molecule has 2 aromatic rings. The Balaban J connectivity index is 2.45. The van der Waals surface area contributed by atoms with E-state index in [-0.39, 0.29) is 5.92 Å². The van der Waals surface area contributed by atoms with Crippen LogP contribution in [0.2, 0.25) is 5.02 Å². The zero-order chi connectivity index (χ0) is 15.6. The second-order valence-electron chi connectivity index (χ2n) is 5.20. The molecule has 0 saturated carbocycles. The van der Waals surface area contributed by atoms with Crippen LogP contribution in [0, 0.1) is 13.8 Å². The molecule has 0 aliphatic carbocycles. The molecular formula is C15H19ClN4O. The van der Waals surface area contributed by atoms with E-state index in [1.54, 1.807) is 0 Å². The van der Waals surface area contributed by atoms with Gasteiger partial charge < -0.3 is 10.2 Å². The third-order valence-corrected chi connectivity index (χ3v) is 3.36. The largest absolute Gasteiger partial charge is 0.437 e. The number of aryl methyl sites for hydroxylation is 1. The van der Waals surface area contributed by atoms with E-state index >= 15 is 0 Å². The van der Waals surface area contributed by atoms with Crippen molar-refractivity contribution in [3.8, 4) is 11.6 Å². The molecule has 3 N–H and O–H groups in total. The van der Waals surface area contributed by atoms with Crippen molar-refractivity contribution in [2.45, 2.75) is 33.6 Å². The van der Waals surface area contributed by atoms with Crippen LogP contribution in [0.15, 0.2) is 18.2 Å². The van der Waals surface area contributed by atoms with Crippen LogP contribution in [0.5, 0.6) is 11.6 Å². The number of hydrogen-bond acceptors (Lipinski definition) is 5. The van der Waals surface area contributed by atoms with E-state index in [0.717, 1.165) is 11.1 Å². The first kappa shape index (κ1) is 15.5. The first-order valence-corrected chi connectivity index (χ1v) is 7.09. The molecule has 0 aliphatic heterocycles. The maximum atomic E-state index is 6.20. The summed E-state index contributed by atoms with van der Waals surface area (Å²) in [4.78, 5) is 8.82. The van der Waals surface area contributed by atoms with Gasteiger partial charge in [0.2, 0.25) is 5.88 Å². The summed E-state index contributed by atoms with van der Waals surface area (Å²) in [6, 6.07) is 5.60. The molecule has 0 aliphatic rings. The van der Waals surface area contributed by atoms with Crippen LogP contribution in [0.1, 0.15) is 36.7 Å². The average Bonchev–Trinajstić information content (AvgIpc) is 2.43. The minimum absolute atomic E-state index is 0.161. The number of rotatable bonds is 4. The van der Waals surface area contributed by atoms with Gasteiger partial charge in [0.25, 0.3) is 0 Å². The first-order chi connectivity index (χ1) is 9.92. The molecule has 6 heteroatoms. The van der Waals surface area contributed by atoms with Gasteiger partial charge in [-0.1, -0.05) is 31.5 Å². The molecule has 0 amide bonds. The van der Waals surface area contributed by atoms with Gasteiger partial charge in [0.1, 0.15) is 11.6 Å². The lowest BCUT2D eigenvalue weighted by molar-refractivity contribution is 0.453. The van der Waals surface area contributed by atoms with Crippen molar-refractivity contribution in [2.24, 2.45) is 5.84 Å². The number of aromatic nitrogens is 2. The third kappa shape index (κ3) is 3.43. The molecule has 0 fully saturated rings. The summed E-state index contributed by atoms with van der Waals surface area (Å²) in [5, 5.41) is 0.543. The Morgan fingerprint density at radius 1 is 1.24 bits per heavy atom. The number of hydrogen-bond donors (Lipinski definition) is 2. The molecule has 1 aromatic carbocycles. The molecule has 0 bridgehead atoms. The molecule has 2 rings (SSSR count). The molecular weight excluding hydrogens is 288 g/mol. The normalized spacial score (nSPS) is 10.8. The molecule has 5 nitrogen and oxygen atoms in total. The van der Waals surface area contributed by atoms with Crippen LogP contribution in [0.25, 0.3) is 0 Å². The number of nitrogens with one attached hydrogen (secondary N) is 1. The fraction of sp³-hybridized carbons (Fsp3) is 0.333. The molecule has 0 spiro atoms. The van der Waals surface area contributed by atoms with Crippen molar-refractivity contribution in [1.82, 2.24) is 9.97 Å². The number of ether oxygens (including phenoxy) is 1. The molecule has 0 radical (unpaired) electrons. The standard InChI is InChI=1S/C15H19ClN4O/c1-8(2)13-18-14(20-17)10(4)15(19-13)21-12-6-5-9(3)7-11(12)16/h5-8H,17H2,1-4H3,(H,18,19,20). The van der Waals surface area contributed by atoms with Gasteiger partial charge in [0.05, 0.1) is 10.6 Å². The average molecular weight is 307 g/mol. The van der Waals surface area contributed by atoms with Crippen LogP contribution in [0.4, 0.5) is 5.82 Å². The molecule has 21 heavy (non-hydrogen) atoms. The summed E-state index contributed by atoms with van der Waals surface area (Å²) in [5.41, 5.74) is 4.38. The Morgan fingerprint density at radius 2 is 1.95 bits per heavy atom. The predicted molar refractivity (Wildman–Crippen MR) is 84.9 cm³/mol.